The molecule has 0 saturated heterocycles. The fourth-order valence-corrected chi connectivity index (χ4v) is 2.92. The van der Waals surface area contributed by atoms with Crippen LogP contribution in [0.1, 0.15) is 0 Å². The van der Waals surface area contributed by atoms with E-state index in [9.17, 15) is 4.79 Å². The van der Waals surface area contributed by atoms with Gasteiger partial charge in [0.1, 0.15) is 4.70 Å². The van der Waals surface area contributed by atoms with Gasteiger partial charge in [-0.3, -0.25) is 0 Å². The van der Waals surface area contributed by atoms with Crippen molar-refractivity contribution in [1.29, 1.82) is 0 Å². The number of fused-ring (bicyclic) bond motifs is 3. The Bertz CT molecular complexity index is 629. The molecule has 0 fully saturated rings. The third-order valence-corrected chi connectivity index (χ3v) is 3.64. The van der Waals surface area contributed by atoms with E-state index in [-0.39, 0.29) is 5.63 Å². The molecule has 3 heterocycles. The minimum atomic E-state index is -0.222. The molecule has 0 atom stereocenters. The number of thiophene rings is 2. The molecule has 4 heteroatoms. The summed E-state index contributed by atoms with van der Waals surface area (Å²) in [5.74, 6) is 0. The van der Waals surface area contributed by atoms with Gasteiger partial charge in [0.25, 0.3) is 0 Å². The number of hydrogen-bond donors (Lipinski definition) is 0. The van der Waals surface area contributed by atoms with Crippen molar-refractivity contribution >= 4 is 43.0 Å². The Morgan fingerprint density at radius 1 is 1.08 bits per heavy atom. The Labute approximate surface area is 81.0 Å². The lowest BCUT2D eigenvalue weighted by atomic mass is 10.2. The third-order valence-electron chi connectivity index (χ3n) is 1.96. The standard InChI is InChI=1S/C9H4O2S2/c10-8-7-5(1-3-12-7)6-2-4-13-9(6)11-8/h1-4H. The van der Waals surface area contributed by atoms with Crippen molar-refractivity contribution in [3.8, 4) is 0 Å². The molecule has 13 heavy (non-hydrogen) atoms. The lowest BCUT2D eigenvalue weighted by Crippen LogP contribution is -1.94. The van der Waals surface area contributed by atoms with Crippen LogP contribution in [0.4, 0.5) is 0 Å². The van der Waals surface area contributed by atoms with E-state index >= 15 is 0 Å². The molecule has 2 nitrogen and oxygen atoms in total. The van der Waals surface area contributed by atoms with Crippen LogP contribution < -0.4 is 5.63 Å². The molecule has 0 saturated carbocycles. The topological polar surface area (TPSA) is 30.2 Å². The molecule has 0 aliphatic carbocycles. The number of rotatable bonds is 0. The predicted octanol–water partition coefficient (Wildman–Crippen LogP) is 3.07. The Morgan fingerprint density at radius 3 is 2.77 bits per heavy atom. The zero-order valence-electron chi connectivity index (χ0n) is 6.44. The van der Waals surface area contributed by atoms with Crippen LogP contribution in [0.2, 0.25) is 0 Å². The third kappa shape index (κ3) is 0.897. The average molecular weight is 208 g/mol. The molecule has 0 unspecified atom stereocenters. The molecule has 0 spiro atoms. The first kappa shape index (κ1) is 7.29. The van der Waals surface area contributed by atoms with Crippen LogP contribution in [-0.2, 0) is 0 Å². The summed E-state index contributed by atoms with van der Waals surface area (Å²) in [6.07, 6.45) is 0. The SMILES string of the molecule is O=c1oc2sccc2c2ccsc12. The van der Waals surface area contributed by atoms with E-state index in [1.165, 1.54) is 22.7 Å². The molecule has 3 rings (SSSR count). The quantitative estimate of drug-likeness (QED) is 0.568. The maximum Gasteiger partial charge on any atom is 0.355 e. The largest absolute Gasteiger partial charge is 0.411 e. The van der Waals surface area contributed by atoms with E-state index < -0.39 is 0 Å². The highest BCUT2D eigenvalue weighted by Crippen LogP contribution is 2.29. The zero-order chi connectivity index (χ0) is 8.84. The molecule has 0 N–H and O–H groups in total. The van der Waals surface area contributed by atoms with Gasteiger partial charge < -0.3 is 4.42 Å². The van der Waals surface area contributed by atoms with Crippen LogP contribution in [0.25, 0.3) is 20.4 Å². The van der Waals surface area contributed by atoms with Gasteiger partial charge in [0, 0.05) is 10.8 Å². The van der Waals surface area contributed by atoms with Gasteiger partial charge in [-0.1, -0.05) is 0 Å². The first-order valence-electron chi connectivity index (χ1n) is 3.74. The zero-order valence-corrected chi connectivity index (χ0v) is 8.08. The van der Waals surface area contributed by atoms with Crippen LogP contribution >= 0.6 is 22.7 Å². The molecular formula is C9H4O2S2. The van der Waals surface area contributed by atoms with Crippen LogP contribution in [0.5, 0.6) is 0 Å². The van der Waals surface area contributed by atoms with E-state index in [0.717, 1.165) is 15.7 Å². The Hall–Kier alpha value is -1.13. The van der Waals surface area contributed by atoms with Gasteiger partial charge in [-0.15, -0.1) is 22.7 Å². The minimum Gasteiger partial charge on any atom is -0.411 e. The van der Waals surface area contributed by atoms with E-state index in [1.807, 2.05) is 22.9 Å². The lowest BCUT2D eigenvalue weighted by molar-refractivity contribution is 0.578. The van der Waals surface area contributed by atoms with Gasteiger partial charge in [-0.25, -0.2) is 4.79 Å². The van der Waals surface area contributed by atoms with Crippen molar-refractivity contribution in [2.24, 2.45) is 0 Å². The van der Waals surface area contributed by atoms with Gasteiger partial charge in [0.2, 0.25) is 0 Å². The van der Waals surface area contributed by atoms with E-state index in [1.54, 1.807) is 0 Å². The number of hydrogen-bond acceptors (Lipinski definition) is 4. The fraction of sp³-hybridized carbons (Fsp3) is 0. The second-order valence-corrected chi connectivity index (χ2v) is 4.47. The maximum atomic E-state index is 11.4. The van der Waals surface area contributed by atoms with Gasteiger partial charge in [0.05, 0.1) is 0 Å². The molecule has 0 aliphatic rings. The summed E-state index contributed by atoms with van der Waals surface area (Å²) >= 11 is 2.89. The predicted molar refractivity (Wildman–Crippen MR) is 55.7 cm³/mol. The van der Waals surface area contributed by atoms with Crippen LogP contribution in [0.3, 0.4) is 0 Å². The molecular weight excluding hydrogens is 204 g/mol. The van der Waals surface area contributed by atoms with Crippen molar-refractivity contribution < 1.29 is 4.42 Å². The summed E-state index contributed by atoms with van der Waals surface area (Å²) in [7, 11) is 0. The van der Waals surface area contributed by atoms with Crippen molar-refractivity contribution in [2.75, 3.05) is 0 Å². The Kier molecular flexibility index (Phi) is 1.36. The van der Waals surface area contributed by atoms with Crippen molar-refractivity contribution in [1.82, 2.24) is 0 Å². The molecule has 0 aromatic carbocycles. The normalized spacial score (nSPS) is 11.4. The summed E-state index contributed by atoms with van der Waals surface area (Å²) in [6, 6.07) is 3.95. The van der Waals surface area contributed by atoms with E-state index in [2.05, 4.69) is 0 Å². The van der Waals surface area contributed by atoms with Crippen LogP contribution in [-0.4, -0.2) is 0 Å². The highest BCUT2D eigenvalue weighted by molar-refractivity contribution is 7.18. The lowest BCUT2D eigenvalue weighted by Gasteiger charge is -1.89. The Balaban J connectivity index is 2.79. The Morgan fingerprint density at radius 2 is 1.85 bits per heavy atom. The molecule has 0 bridgehead atoms. The van der Waals surface area contributed by atoms with Crippen LogP contribution in [0.15, 0.2) is 32.1 Å². The first-order valence-corrected chi connectivity index (χ1v) is 5.50. The van der Waals surface area contributed by atoms with E-state index in [0.29, 0.717) is 4.70 Å². The fourth-order valence-electron chi connectivity index (χ4n) is 1.38. The second kappa shape index (κ2) is 2.43. The molecule has 0 aliphatic heterocycles. The van der Waals surface area contributed by atoms with Crippen molar-refractivity contribution in [3.05, 3.63) is 33.3 Å². The monoisotopic (exact) mass is 208 g/mol. The molecule has 64 valence electrons. The van der Waals surface area contributed by atoms with Gasteiger partial charge in [-0.2, -0.15) is 0 Å². The van der Waals surface area contributed by atoms with Crippen molar-refractivity contribution in [2.45, 2.75) is 0 Å². The highest BCUT2D eigenvalue weighted by atomic mass is 32.1. The second-order valence-electron chi connectivity index (χ2n) is 2.67. The van der Waals surface area contributed by atoms with Gasteiger partial charge >= 0.3 is 5.63 Å². The summed E-state index contributed by atoms with van der Waals surface area (Å²) in [5, 5.41) is 5.90. The molecule has 0 amide bonds. The smallest absolute Gasteiger partial charge is 0.355 e. The minimum absolute atomic E-state index is 0.222. The summed E-state index contributed by atoms with van der Waals surface area (Å²) in [5.41, 5.74) is -0.222. The van der Waals surface area contributed by atoms with Gasteiger partial charge in [0.15, 0.2) is 4.90 Å². The molecule has 3 aromatic rings. The summed E-state index contributed by atoms with van der Waals surface area (Å²) in [4.78, 5) is 12.1. The average Bonchev–Trinajstić information content (AvgIpc) is 2.66. The molecule has 0 radical (unpaired) electrons. The van der Waals surface area contributed by atoms with Gasteiger partial charge in [-0.05, 0) is 22.9 Å². The van der Waals surface area contributed by atoms with Crippen LogP contribution in [0, 0.1) is 0 Å². The summed E-state index contributed by atoms with van der Waals surface area (Å²) in [6.45, 7) is 0. The summed E-state index contributed by atoms with van der Waals surface area (Å²) < 4.78 is 5.86. The highest BCUT2D eigenvalue weighted by Gasteiger charge is 2.08. The molecule has 3 aromatic heterocycles. The maximum absolute atomic E-state index is 11.4. The van der Waals surface area contributed by atoms with Crippen molar-refractivity contribution in [3.63, 3.8) is 0 Å². The first-order chi connectivity index (χ1) is 6.36. The van der Waals surface area contributed by atoms with E-state index in [4.69, 9.17) is 4.42 Å².